The molecule has 0 unspecified atom stereocenters. The van der Waals surface area contributed by atoms with Crippen molar-refractivity contribution in [2.75, 3.05) is 33.9 Å². The van der Waals surface area contributed by atoms with Gasteiger partial charge in [0.2, 0.25) is 36.2 Å². The van der Waals surface area contributed by atoms with Gasteiger partial charge in [0.15, 0.2) is 35.7 Å². The summed E-state index contributed by atoms with van der Waals surface area (Å²) in [6, 6.07) is 0. The minimum absolute atomic E-state index is 0.0815. The number of nitrogens with zero attached hydrogens (tertiary/aromatic N) is 1. The van der Waals surface area contributed by atoms with E-state index >= 15 is 0 Å². The Hall–Kier alpha value is -3.70. The summed E-state index contributed by atoms with van der Waals surface area (Å²) in [5.74, 6) is -7.43. The Kier molecular flexibility index (Phi) is 17.8. The van der Waals surface area contributed by atoms with Crippen LogP contribution in [-0.2, 0) is 115 Å². The van der Waals surface area contributed by atoms with E-state index in [4.69, 9.17) is 86.2 Å². The highest BCUT2D eigenvalue weighted by molar-refractivity contribution is 5.79. The first kappa shape index (κ1) is 65.4. The van der Waals surface area contributed by atoms with Crippen molar-refractivity contribution < 1.29 is 115 Å². The van der Waals surface area contributed by atoms with Crippen molar-refractivity contribution in [2.45, 2.75) is 262 Å². The molecule has 24 atom stereocenters. The lowest BCUT2D eigenvalue weighted by atomic mass is 9.50. The number of likely N-dealkylation sites (N-methyl/N-ethyl adjacent to an activating group) is 1. The van der Waals surface area contributed by atoms with Gasteiger partial charge in [0.1, 0.15) is 25.4 Å². The first-order valence-electron chi connectivity index (χ1n) is 32.9. The maximum Gasteiger partial charge on any atom is 0.308 e. The normalized spacial score (nSPS) is 47.1. The average Bonchev–Trinajstić information content (AvgIpc) is 1.70. The number of fused-ring (bicyclic) bond motifs is 6. The summed E-state index contributed by atoms with van der Waals surface area (Å²) in [7, 11) is 3.23. The Morgan fingerprint density at radius 2 is 0.787 bits per heavy atom. The van der Waals surface area contributed by atoms with E-state index in [-0.39, 0.29) is 66.6 Å². The fraction of sp³-hybridized carbons (Fsp3) is 0.906. The maximum atomic E-state index is 13.7. The molecule has 15 rings (SSSR count). The highest BCUT2D eigenvalue weighted by Gasteiger charge is 2.76. The van der Waals surface area contributed by atoms with Crippen LogP contribution in [0.3, 0.4) is 0 Å². The van der Waals surface area contributed by atoms with Crippen LogP contribution in [-0.4, -0.2) is 152 Å². The van der Waals surface area contributed by atoms with Crippen LogP contribution in [0.15, 0.2) is 0 Å². The molecule has 15 aliphatic rings. The van der Waals surface area contributed by atoms with Crippen LogP contribution >= 0.6 is 0 Å². The number of ether oxygens (including phenoxy) is 12. The first-order valence-corrected chi connectivity index (χ1v) is 32.9. The molecule has 0 aromatic heterocycles. The van der Waals surface area contributed by atoms with Gasteiger partial charge in [-0.25, -0.2) is 29.3 Å². The second-order valence-corrected chi connectivity index (χ2v) is 29.5. The molecule has 3 spiro atoms. The topological polar surface area (TPSA) is 272 Å². The van der Waals surface area contributed by atoms with Crippen molar-refractivity contribution >= 4 is 35.8 Å². The summed E-state index contributed by atoms with van der Waals surface area (Å²) in [6.07, 6.45) is 1.67. The fourth-order valence-electron chi connectivity index (χ4n) is 17.9. The van der Waals surface area contributed by atoms with Gasteiger partial charge >= 0.3 is 35.8 Å². The van der Waals surface area contributed by atoms with Crippen LogP contribution in [0.5, 0.6) is 0 Å². The molecule has 12 heterocycles. The average molecular weight is 1260 g/mol. The minimum Gasteiger partial charge on any atom is -0.463 e. The number of rotatable bonds is 19. The number of hydrogen-bond donors (Lipinski definition) is 0. The Bertz CT molecular complexity index is 2590. The molecule has 25 nitrogen and oxygen atoms in total. The molecule has 500 valence electrons. The van der Waals surface area contributed by atoms with Crippen LogP contribution in [0.25, 0.3) is 0 Å². The SMILES string of the molecule is C[C@H]1[C@H](OC(=O)CCC(=O)OCC(COC(=O)CCC(=O)O[C@@H]2O[C@@H]3O[C@@]4(C)CC[C@H]5[C@H](C)CC[C@@H]([C@H]2C)[C@@]35OO4)(COC(=O)CCC(=O)O[C@@H]2O[C@@H]3O[C@@]4(C)CC[C@H]5[C@H](C)CC[C@@](C)([C@H]2C)[C@@]35OO4)N(C)C)O[C@@H]2O[C@@]3(C)CC[C@H]4[C@H](C)CC[C@@H]1[C@@]24OO3. The van der Waals surface area contributed by atoms with Gasteiger partial charge in [0.25, 0.3) is 0 Å². The van der Waals surface area contributed by atoms with E-state index in [2.05, 4.69) is 27.7 Å². The molecule has 0 amide bonds. The van der Waals surface area contributed by atoms with Gasteiger partial charge in [-0.05, 0) is 128 Å². The number of carbonyl (C=O) groups is 6. The van der Waals surface area contributed by atoms with Gasteiger partial charge in [-0.3, -0.25) is 33.7 Å². The molecule has 0 aromatic rings. The van der Waals surface area contributed by atoms with E-state index in [1.54, 1.807) is 19.0 Å². The zero-order chi connectivity index (χ0) is 63.4. The molecule has 12 saturated heterocycles. The first-order chi connectivity index (χ1) is 42.1. The van der Waals surface area contributed by atoms with Crippen LogP contribution in [0.4, 0.5) is 0 Å². The van der Waals surface area contributed by atoms with Gasteiger partial charge in [0.05, 0.1) is 38.5 Å². The van der Waals surface area contributed by atoms with E-state index in [0.717, 1.165) is 57.8 Å². The molecule has 3 saturated carbocycles. The molecule has 25 heteroatoms. The van der Waals surface area contributed by atoms with Crippen LogP contribution in [0.2, 0.25) is 0 Å². The Morgan fingerprint density at radius 1 is 0.416 bits per heavy atom. The number of hydrogen-bond acceptors (Lipinski definition) is 25. The molecule has 3 aliphatic carbocycles. The Labute approximate surface area is 520 Å². The predicted molar refractivity (Wildman–Crippen MR) is 300 cm³/mol. The third-order valence-electron chi connectivity index (χ3n) is 23.9. The summed E-state index contributed by atoms with van der Waals surface area (Å²) >= 11 is 0. The summed E-state index contributed by atoms with van der Waals surface area (Å²) in [6.45, 7) is 18.6. The summed E-state index contributed by atoms with van der Waals surface area (Å²) < 4.78 is 73.9. The van der Waals surface area contributed by atoms with Crippen molar-refractivity contribution in [3.63, 3.8) is 0 Å². The van der Waals surface area contributed by atoms with Gasteiger partial charge in [0, 0.05) is 54.3 Å². The molecule has 6 bridgehead atoms. The van der Waals surface area contributed by atoms with Gasteiger partial charge < -0.3 is 56.8 Å². The van der Waals surface area contributed by atoms with Crippen LogP contribution in [0, 0.1) is 70.5 Å². The Morgan fingerprint density at radius 3 is 1.22 bits per heavy atom. The van der Waals surface area contributed by atoms with E-state index in [1.807, 2.05) is 41.5 Å². The lowest BCUT2D eigenvalue weighted by Gasteiger charge is -2.65. The maximum absolute atomic E-state index is 13.7. The lowest BCUT2D eigenvalue weighted by Crippen LogP contribution is -2.74. The van der Waals surface area contributed by atoms with Crippen LogP contribution < -0.4 is 0 Å². The fourth-order valence-corrected chi connectivity index (χ4v) is 17.9. The molecular weight excluding hydrogens is 1170 g/mol. The monoisotopic (exact) mass is 1260 g/mol. The third-order valence-corrected chi connectivity index (χ3v) is 23.9. The molecule has 0 radical (unpaired) electrons. The molecule has 12 aliphatic heterocycles. The third kappa shape index (κ3) is 11.3. The second-order valence-electron chi connectivity index (χ2n) is 29.5. The van der Waals surface area contributed by atoms with Gasteiger partial charge in [-0.2, -0.15) is 0 Å². The van der Waals surface area contributed by atoms with E-state index < -0.39 is 158 Å². The smallest absolute Gasteiger partial charge is 0.308 e. The quantitative estimate of drug-likeness (QED) is 0.0675. The molecule has 15 fully saturated rings. The van der Waals surface area contributed by atoms with Crippen molar-refractivity contribution in [3.05, 3.63) is 0 Å². The lowest BCUT2D eigenvalue weighted by molar-refractivity contribution is -0.586. The molecule has 0 N–H and O–H groups in total. The molecular formula is C64H95NO24. The standard InChI is InChI=1S/C64H95NO24/c1-34-13-15-43-37(4)51(78-54-62(43)40(34)24-28-58(8,81-54)84-87-62)75-48(69)20-17-45(66)72-31-61(65(11)12,32-73-46(67)18-21-49(70)76-52-38(5)44-16-14-35(2)41-25-29-59(9)82-55(79-52)63(41,44)88-85-59)33-74-47(68)19-22-50(71)77-53-39(6)57(7)27-23-36(3)42-26-30-60(10)83-56(80-53)64(42,57)89-86-60/h34-44,51-56H,13-33H2,1-12H3/t34-,35-,36-,37-,38-,39+,40+,41+,42+,43+,44+,51-,52-,53-,54-,55-,56-,57+,58-,59-,60-,62-,63-,64+/m1/s1. The highest BCUT2D eigenvalue weighted by Crippen LogP contribution is 2.67. The van der Waals surface area contributed by atoms with E-state index in [1.165, 1.54) is 0 Å². The highest BCUT2D eigenvalue weighted by atomic mass is 17.3. The number of esters is 6. The van der Waals surface area contributed by atoms with Crippen molar-refractivity contribution in [1.82, 2.24) is 4.90 Å². The number of carbonyl (C=O) groups excluding carboxylic acids is 6. The minimum atomic E-state index is -1.52. The van der Waals surface area contributed by atoms with Crippen molar-refractivity contribution in [3.8, 4) is 0 Å². The largest absolute Gasteiger partial charge is 0.463 e. The zero-order valence-electron chi connectivity index (χ0n) is 53.9. The van der Waals surface area contributed by atoms with Gasteiger partial charge in [-0.1, -0.05) is 48.5 Å². The predicted octanol–water partition coefficient (Wildman–Crippen LogP) is 7.90. The zero-order valence-corrected chi connectivity index (χ0v) is 53.9. The summed E-state index contributed by atoms with van der Waals surface area (Å²) in [4.78, 5) is 120. The van der Waals surface area contributed by atoms with E-state index in [0.29, 0.717) is 37.0 Å². The molecule has 89 heavy (non-hydrogen) atoms. The van der Waals surface area contributed by atoms with Gasteiger partial charge in [-0.15, -0.1) is 0 Å². The second kappa shape index (κ2) is 24.3. The summed E-state index contributed by atoms with van der Waals surface area (Å²) in [5, 5.41) is 0. The van der Waals surface area contributed by atoms with Crippen LogP contribution in [0.1, 0.15) is 185 Å². The van der Waals surface area contributed by atoms with Crippen molar-refractivity contribution in [1.29, 1.82) is 0 Å². The van der Waals surface area contributed by atoms with E-state index in [9.17, 15) is 28.8 Å². The summed E-state index contributed by atoms with van der Waals surface area (Å²) in [5.41, 5.74) is -4.72. The van der Waals surface area contributed by atoms with Crippen molar-refractivity contribution in [2.24, 2.45) is 70.5 Å². The Balaban J connectivity index is 0.668. The molecule has 0 aromatic carbocycles.